The zero-order chi connectivity index (χ0) is 13.0. The van der Waals surface area contributed by atoms with Gasteiger partial charge in [0.05, 0.1) is 11.3 Å². The van der Waals surface area contributed by atoms with Gasteiger partial charge < -0.3 is 10.3 Å². The number of H-pyrrole nitrogens is 1. The Morgan fingerprint density at radius 3 is 3.00 bits per heavy atom. The van der Waals surface area contributed by atoms with Crippen LogP contribution in [0.4, 0.5) is 16.0 Å². The fourth-order valence-corrected chi connectivity index (χ4v) is 1.58. The van der Waals surface area contributed by atoms with Crippen LogP contribution < -0.4 is 10.6 Å². The van der Waals surface area contributed by atoms with Gasteiger partial charge in [-0.15, -0.1) is 0 Å². The van der Waals surface area contributed by atoms with E-state index in [4.69, 9.17) is 0 Å². The van der Waals surface area contributed by atoms with Gasteiger partial charge in [0.1, 0.15) is 5.82 Å². The molecule has 0 radical (unpaired) electrons. The Morgan fingerprint density at radius 1 is 1.50 bits per heavy atom. The van der Waals surface area contributed by atoms with E-state index in [1.165, 1.54) is 18.3 Å². The average Bonchev–Trinajstić information content (AvgIpc) is 2.84. The van der Waals surface area contributed by atoms with Gasteiger partial charge in [-0.2, -0.15) is 0 Å². The molecule has 1 amide bonds. The van der Waals surface area contributed by atoms with Crippen LogP contribution in [0.5, 0.6) is 0 Å². The number of aromatic amines is 1. The Labute approximate surface area is 103 Å². The highest BCUT2D eigenvalue weighted by Gasteiger charge is 2.15. The van der Waals surface area contributed by atoms with Crippen molar-refractivity contribution in [3.8, 4) is 0 Å². The third-order valence-corrected chi connectivity index (χ3v) is 2.34. The molecule has 2 rings (SSSR count). The van der Waals surface area contributed by atoms with Gasteiger partial charge >= 0.3 is 0 Å². The van der Waals surface area contributed by atoms with Crippen LogP contribution >= 0.6 is 0 Å². The van der Waals surface area contributed by atoms with Gasteiger partial charge in [-0.3, -0.25) is 10.1 Å². The monoisotopic (exact) mass is 248 g/mol. The van der Waals surface area contributed by atoms with Crippen LogP contribution in [0.2, 0.25) is 0 Å². The minimum absolute atomic E-state index is 0.198. The smallest absolute Gasteiger partial charge is 0.260 e. The fourth-order valence-electron chi connectivity index (χ4n) is 1.58. The lowest BCUT2D eigenvalue weighted by molar-refractivity contribution is 0.102. The van der Waals surface area contributed by atoms with Crippen molar-refractivity contribution >= 4 is 17.5 Å². The van der Waals surface area contributed by atoms with Crippen molar-refractivity contribution in [3.63, 3.8) is 0 Å². The third-order valence-electron chi connectivity index (χ3n) is 2.34. The van der Waals surface area contributed by atoms with Crippen LogP contribution in [0.15, 0.2) is 30.6 Å². The number of benzene rings is 1. The first kappa shape index (κ1) is 12.1. The molecule has 5 nitrogen and oxygen atoms in total. The van der Waals surface area contributed by atoms with E-state index in [9.17, 15) is 9.18 Å². The zero-order valence-corrected chi connectivity index (χ0v) is 9.83. The maximum absolute atomic E-state index is 13.6. The van der Waals surface area contributed by atoms with Gasteiger partial charge in [0.15, 0.2) is 0 Å². The first-order valence-corrected chi connectivity index (χ1v) is 5.55. The molecule has 0 bridgehead atoms. The second-order valence-electron chi connectivity index (χ2n) is 3.58. The van der Waals surface area contributed by atoms with Crippen molar-refractivity contribution < 1.29 is 9.18 Å². The Morgan fingerprint density at radius 2 is 2.33 bits per heavy atom. The maximum atomic E-state index is 13.6. The molecule has 0 saturated carbocycles. The predicted octanol–water partition coefficient (Wildman–Crippen LogP) is 2.23. The van der Waals surface area contributed by atoms with Crippen molar-refractivity contribution in [3.05, 3.63) is 42.0 Å². The number of hydrogen-bond acceptors (Lipinski definition) is 3. The molecule has 94 valence electrons. The summed E-state index contributed by atoms with van der Waals surface area (Å²) in [4.78, 5) is 18.6. The average molecular weight is 248 g/mol. The zero-order valence-electron chi connectivity index (χ0n) is 9.83. The Kier molecular flexibility index (Phi) is 3.57. The number of rotatable bonds is 4. The number of carbonyl (C=O) groups is 1. The van der Waals surface area contributed by atoms with Crippen molar-refractivity contribution in [2.75, 3.05) is 17.2 Å². The number of carbonyl (C=O) groups excluding carboxylic acids is 1. The van der Waals surface area contributed by atoms with Crippen LogP contribution in [-0.2, 0) is 0 Å². The molecule has 18 heavy (non-hydrogen) atoms. The van der Waals surface area contributed by atoms with Gasteiger partial charge in [0.25, 0.3) is 5.91 Å². The van der Waals surface area contributed by atoms with E-state index in [0.717, 1.165) is 0 Å². The molecule has 0 aliphatic rings. The number of nitrogens with one attached hydrogen (secondary N) is 3. The minimum Gasteiger partial charge on any atom is -0.382 e. The molecule has 3 N–H and O–H groups in total. The quantitative estimate of drug-likeness (QED) is 0.777. The van der Waals surface area contributed by atoms with E-state index >= 15 is 0 Å². The van der Waals surface area contributed by atoms with Crippen LogP contribution in [0, 0.1) is 5.82 Å². The number of para-hydroxylation sites is 1. The Bertz CT molecular complexity index is 539. The maximum Gasteiger partial charge on any atom is 0.260 e. The van der Waals surface area contributed by atoms with E-state index in [-0.39, 0.29) is 11.3 Å². The van der Waals surface area contributed by atoms with Gasteiger partial charge in [0.2, 0.25) is 5.95 Å². The molecule has 0 spiro atoms. The number of halogens is 1. The van der Waals surface area contributed by atoms with Crippen molar-refractivity contribution in [2.45, 2.75) is 6.92 Å². The summed E-state index contributed by atoms with van der Waals surface area (Å²) in [6.45, 7) is 2.36. The first-order valence-electron chi connectivity index (χ1n) is 5.55. The summed E-state index contributed by atoms with van der Waals surface area (Å²) in [7, 11) is 0. The lowest BCUT2D eigenvalue weighted by Gasteiger charge is -2.10. The van der Waals surface area contributed by atoms with Crippen molar-refractivity contribution in [1.29, 1.82) is 0 Å². The summed E-state index contributed by atoms with van der Waals surface area (Å²) in [5.74, 6) is -0.545. The predicted molar refractivity (Wildman–Crippen MR) is 67.1 cm³/mol. The minimum atomic E-state index is -0.455. The number of anilines is 2. The lowest BCUT2D eigenvalue weighted by Crippen LogP contribution is -2.16. The third kappa shape index (κ3) is 2.48. The molecular weight excluding hydrogens is 235 g/mol. The summed E-state index contributed by atoms with van der Waals surface area (Å²) in [6, 6.07) is 4.36. The number of imidazole rings is 1. The topological polar surface area (TPSA) is 69.8 Å². The molecule has 2 aromatic rings. The Balaban J connectivity index is 2.26. The molecule has 1 aromatic carbocycles. The largest absolute Gasteiger partial charge is 0.382 e. The highest BCUT2D eigenvalue weighted by atomic mass is 19.1. The summed E-state index contributed by atoms with van der Waals surface area (Å²) in [5, 5.41) is 5.39. The van der Waals surface area contributed by atoms with Gasteiger partial charge in [-0.25, -0.2) is 9.37 Å². The number of hydrogen-bond donors (Lipinski definition) is 3. The summed E-state index contributed by atoms with van der Waals surface area (Å²) >= 11 is 0. The summed E-state index contributed by atoms with van der Waals surface area (Å²) in [6.07, 6.45) is 3.11. The molecule has 0 aliphatic carbocycles. The first-order chi connectivity index (χ1) is 8.72. The molecule has 0 fully saturated rings. The van der Waals surface area contributed by atoms with Crippen LogP contribution in [0.1, 0.15) is 17.3 Å². The summed E-state index contributed by atoms with van der Waals surface area (Å²) in [5.41, 5.74) is 0.442. The van der Waals surface area contributed by atoms with Gasteiger partial charge in [-0.05, 0) is 19.1 Å². The number of nitrogens with zero attached hydrogens (tertiary/aromatic N) is 1. The van der Waals surface area contributed by atoms with Crippen LogP contribution in [0.25, 0.3) is 0 Å². The molecule has 0 saturated heterocycles. The van der Waals surface area contributed by atoms with Gasteiger partial charge in [-0.1, -0.05) is 6.07 Å². The molecule has 0 aliphatic heterocycles. The second-order valence-corrected chi connectivity index (χ2v) is 3.58. The molecule has 1 aromatic heterocycles. The van der Waals surface area contributed by atoms with Gasteiger partial charge in [0, 0.05) is 18.9 Å². The molecule has 0 atom stereocenters. The Hall–Kier alpha value is -2.37. The number of amides is 1. The molecule has 1 heterocycles. The molecular formula is C12H13FN4O. The molecule has 0 unspecified atom stereocenters. The van der Waals surface area contributed by atoms with Crippen molar-refractivity contribution in [2.24, 2.45) is 0 Å². The highest BCUT2D eigenvalue weighted by molar-refractivity contribution is 6.07. The molecule has 6 heteroatoms. The standard InChI is InChI=1S/C12H13FN4O/c1-2-14-10-8(4-3-5-9(10)13)11(18)17-12-15-6-7-16-12/h3-7,14H,2H2,1H3,(H2,15,16,17,18). The van der Waals surface area contributed by atoms with E-state index < -0.39 is 11.7 Å². The van der Waals surface area contributed by atoms with Crippen LogP contribution in [0.3, 0.4) is 0 Å². The van der Waals surface area contributed by atoms with E-state index in [2.05, 4.69) is 20.6 Å². The van der Waals surface area contributed by atoms with Crippen molar-refractivity contribution in [1.82, 2.24) is 9.97 Å². The van der Waals surface area contributed by atoms with E-state index in [1.807, 2.05) is 6.92 Å². The summed E-state index contributed by atoms with van der Waals surface area (Å²) < 4.78 is 13.6. The number of aromatic nitrogens is 2. The highest BCUT2D eigenvalue weighted by Crippen LogP contribution is 2.20. The SMILES string of the molecule is CCNc1c(F)cccc1C(=O)Nc1ncc[nH]1. The van der Waals surface area contributed by atoms with E-state index in [1.54, 1.807) is 12.3 Å². The normalized spacial score (nSPS) is 10.1. The van der Waals surface area contributed by atoms with Crippen LogP contribution in [-0.4, -0.2) is 22.4 Å². The fraction of sp³-hybridized carbons (Fsp3) is 0.167. The second kappa shape index (κ2) is 5.31. The lowest BCUT2D eigenvalue weighted by atomic mass is 10.1. The van der Waals surface area contributed by atoms with E-state index in [0.29, 0.717) is 12.5 Å².